The third-order valence-corrected chi connectivity index (χ3v) is 1.21. The molecule has 0 atom stereocenters. The normalized spacial score (nSPS) is 10.8. The molecule has 0 aliphatic heterocycles. The molecular formula is C4H12NaO5P. The first-order chi connectivity index (χ1) is 4.56. The fraction of sp³-hybridized carbons (Fsp3) is 1.00. The topological polar surface area (TPSA) is 76.0 Å². The van der Waals surface area contributed by atoms with Gasteiger partial charge in [-0.3, -0.25) is 4.52 Å². The van der Waals surface area contributed by atoms with E-state index in [1.54, 1.807) is 6.92 Å². The molecule has 0 rings (SSSR count). The number of phosphoric ester groups is 1. The minimum absolute atomic E-state index is 0. The van der Waals surface area contributed by atoms with Gasteiger partial charge in [-0.2, -0.15) is 0 Å². The Bertz CT molecular complexity index is 124. The molecule has 7 heteroatoms. The van der Waals surface area contributed by atoms with Gasteiger partial charge < -0.3 is 14.5 Å². The molecule has 0 aliphatic carbocycles. The summed E-state index contributed by atoms with van der Waals surface area (Å²) in [5, 5.41) is 0. The van der Waals surface area contributed by atoms with Crippen LogP contribution in [0.4, 0.5) is 0 Å². The van der Waals surface area contributed by atoms with E-state index in [1.807, 2.05) is 0 Å². The molecule has 0 heterocycles. The predicted octanol–water partition coefficient (Wildman–Crippen LogP) is -0.516. The summed E-state index contributed by atoms with van der Waals surface area (Å²) < 4.78 is 18.8. The second kappa shape index (κ2) is 7.71. The van der Waals surface area contributed by atoms with Gasteiger partial charge in [-0.15, -0.1) is 0 Å². The van der Waals surface area contributed by atoms with Crippen LogP contribution in [0.5, 0.6) is 0 Å². The van der Waals surface area contributed by atoms with Gasteiger partial charge in [0, 0.05) is 6.61 Å². The van der Waals surface area contributed by atoms with Crippen molar-refractivity contribution in [3.05, 3.63) is 0 Å². The monoisotopic (exact) mass is 194 g/mol. The van der Waals surface area contributed by atoms with E-state index in [4.69, 9.17) is 14.5 Å². The van der Waals surface area contributed by atoms with E-state index >= 15 is 0 Å². The number of phosphoric acid groups is 1. The molecule has 0 spiro atoms. The Morgan fingerprint density at radius 1 is 1.36 bits per heavy atom. The van der Waals surface area contributed by atoms with Gasteiger partial charge in [0.15, 0.2) is 0 Å². The summed E-state index contributed by atoms with van der Waals surface area (Å²) in [7, 11) is -4.29. The van der Waals surface area contributed by atoms with Crippen molar-refractivity contribution in [3.8, 4) is 0 Å². The summed E-state index contributed by atoms with van der Waals surface area (Å²) in [5.74, 6) is 0. The van der Waals surface area contributed by atoms with Crippen LogP contribution in [0.25, 0.3) is 0 Å². The SMILES string of the molecule is CCOCCOP(=O)(O)O.[NaH]. The van der Waals surface area contributed by atoms with Crippen LogP contribution in [0.3, 0.4) is 0 Å². The average Bonchev–Trinajstić information content (AvgIpc) is 1.78. The molecule has 0 radical (unpaired) electrons. The fourth-order valence-electron chi connectivity index (χ4n) is 0.359. The van der Waals surface area contributed by atoms with Gasteiger partial charge in [0.25, 0.3) is 0 Å². The van der Waals surface area contributed by atoms with E-state index in [0.29, 0.717) is 6.61 Å². The molecule has 2 N–H and O–H groups in total. The van der Waals surface area contributed by atoms with E-state index in [0.717, 1.165) is 0 Å². The van der Waals surface area contributed by atoms with Gasteiger partial charge in [-0.05, 0) is 6.92 Å². The molecule has 0 saturated carbocycles. The summed E-state index contributed by atoms with van der Waals surface area (Å²) >= 11 is 0. The first kappa shape index (κ1) is 14.6. The first-order valence-corrected chi connectivity index (χ1v) is 4.37. The van der Waals surface area contributed by atoms with Crippen LogP contribution in [-0.2, 0) is 13.8 Å². The Balaban J connectivity index is 0. The maximum atomic E-state index is 10.0. The van der Waals surface area contributed by atoms with Gasteiger partial charge in [0.05, 0.1) is 13.2 Å². The van der Waals surface area contributed by atoms with Gasteiger partial charge in [-0.1, -0.05) is 0 Å². The number of rotatable bonds is 5. The van der Waals surface area contributed by atoms with Crippen molar-refractivity contribution in [2.75, 3.05) is 19.8 Å². The zero-order chi connectivity index (χ0) is 8.04. The van der Waals surface area contributed by atoms with Crippen LogP contribution in [0.1, 0.15) is 6.92 Å². The van der Waals surface area contributed by atoms with E-state index in [1.165, 1.54) is 0 Å². The molecule has 0 amide bonds. The molecule has 0 aromatic rings. The molecule has 0 aliphatic rings. The molecule has 0 bridgehead atoms. The van der Waals surface area contributed by atoms with Gasteiger partial charge in [0.1, 0.15) is 0 Å². The number of hydrogen-bond donors (Lipinski definition) is 2. The second-order valence-electron chi connectivity index (χ2n) is 1.52. The third-order valence-electron chi connectivity index (χ3n) is 0.691. The van der Waals surface area contributed by atoms with Crippen LogP contribution in [0.15, 0.2) is 0 Å². The van der Waals surface area contributed by atoms with Crippen LogP contribution in [-0.4, -0.2) is 59.2 Å². The minimum atomic E-state index is -4.29. The van der Waals surface area contributed by atoms with E-state index in [2.05, 4.69) is 4.52 Å². The Morgan fingerprint density at radius 3 is 2.27 bits per heavy atom. The van der Waals surface area contributed by atoms with E-state index in [9.17, 15) is 4.57 Å². The molecule has 0 fully saturated rings. The van der Waals surface area contributed by atoms with Crippen molar-refractivity contribution in [1.29, 1.82) is 0 Å². The molecule has 64 valence electrons. The zero-order valence-corrected chi connectivity index (χ0v) is 6.58. The molecule has 0 aromatic heterocycles. The van der Waals surface area contributed by atoms with Crippen molar-refractivity contribution < 1.29 is 23.6 Å². The van der Waals surface area contributed by atoms with Crippen molar-refractivity contribution >= 4 is 37.4 Å². The quantitative estimate of drug-likeness (QED) is 0.350. The zero-order valence-electron chi connectivity index (χ0n) is 5.69. The van der Waals surface area contributed by atoms with Crippen LogP contribution < -0.4 is 0 Å². The number of hydrogen-bond acceptors (Lipinski definition) is 3. The van der Waals surface area contributed by atoms with Crippen LogP contribution in [0, 0.1) is 0 Å². The van der Waals surface area contributed by atoms with Crippen molar-refractivity contribution in [1.82, 2.24) is 0 Å². The molecule has 11 heavy (non-hydrogen) atoms. The molecule has 5 nitrogen and oxygen atoms in total. The molecular weight excluding hydrogens is 182 g/mol. The van der Waals surface area contributed by atoms with Crippen molar-refractivity contribution in [3.63, 3.8) is 0 Å². The van der Waals surface area contributed by atoms with Crippen molar-refractivity contribution in [2.24, 2.45) is 0 Å². The summed E-state index contributed by atoms with van der Waals surface area (Å²) in [4.78, 5) is 16.3. The Hall–Kier alpha value is 1.07. The Morgan fingerprint density at radius 2 is 1.91 bits per heavy atom. The summed E-state index contributed by atoms with van der Waals surface area (Å²) in [6, 6.07) is 0. The van der Waals surface area contributed by atoms with E-state index in [-0.39, 0.29) is 42.8 Å². The third kappa shape index (κ3) is 14.0. The standard InChI is InChI=1S/C4H11O5P.Na.H/c1-2-8-3-4-9-10(5,6)7;;/h2-4H2,1H3,(H2,5,6,7);;. The van der Waals surface area contributed by atoms with Gasteiger partial charge >= 0.3 is 37.4 Å². The first-order valence-electron chi connectivity index (χ1n) is 2.84. The van der Waals surface area contributed by atoms with Crippen LogP contribution >= 0.6 is 7.82 Å². The van der Waals surface area contributed by atoms with Crippen LogP contribution in [0.2, 0.25) is 0 Å². The van der Waals surface area contributed by atoms with E-state index < -0.39 is 7.82 Å². The molecule has 0 saturated heterocycles. The molecule has 0 aromatic carbocycles. The summed E-state index contributed by atoms with van der Waals surface area (Å²) in [5.41, 5.74) is 0. The average molecular weight is 194 g/mol. The summed E-state index contributed by atoms with van der Waals surface area (Å²) in [6.45, 7) is 2.45. The van der Waals surface area contributed by atoms with Gasteiger partial charge in [-0.25, -0.2) is 4.57 Å². The van der Waals surface area contributed by atoms with Crippen molar-refractivity contribution in [2.45, 2.75) is 6.92 Å². The number of ether oxygens (including phenoxy) is 1. The Labute approximate surface area is 87.6 Å². The molecule has 0 unspecified atom stereocenters. The second-order valence-corrected chi connectivity index (χ2v) is 2.76. The maximum absolute atomic E-state index is 10.0. The Kier molecular flexibility index (Phi) is 10.2. The van der Waals surface area contributed by atoms with Gasteiger partial charge in [0.2, 0.25) is 0 Å². The predicted molar refractivity (Wildman–Crippen MR) is 41.6 cm³/mol. The fourth-order valence-corrected chi connectivity index (χ4v) is 0.672. The summed E-state index contributed by atoms with van der Waals surface area (Å²) in [6.07, 6.45) is 0.